The van der Waals surface area contributed by atoms with Crippen molar-refractivity contribution >= 4 is 23.5 Å². The van der Waals surface area contributed by atoms with Crippen molar-refractivity contribution in [3.05, 3.63) is 35.4 Å². The second-order valence-corrected chi connectivity index (χ2v) is 5.69. The molecule has 0 saturated carbocycles. The standard InChI is InChI=1S/C18H25ClO4/c1-2-3-12-22-17(20)15-9-8-10-16(14-15)18(21)23-13-7-5-4-6-11-19/h8-10,14H,2-7,11-13H2,1H3. The van der Waals surface area contributed by atoms with Crippen molar-refractivity contribution in [2.75, 3.05) is 19.1 Å². The highest BCUT2D eigenvalue weighted by molar-refractivity contribution is 6.17. The molecular formula is C18H25ClO4. The number of halogens is 1. The van der Waals surface area contributed by atoms with Crippen LogP contribution in [0, 0.1) is 0 Å². The molecule has 1 aromatic rings. The van der Waals surface area contributed by atoms with E-state index in [1.807, 2.05) is 6.92 Å². The lowest BCUT2D eigenvalue weighted by atomic mass is 10.1. The molecule has 4 nitrogen and oxygen atoms in total. The molecule has 0 aromatic heterocycles. The van der Waals surface area contributed by atoms with Crippen LogP contribution in [0.4, 0.5) is 0 Å². The van der Waals surface area contributed by atoms with Gasteiger partial charge in [0.1, 0.15) is 0 Å². The highest BCUT2D eigenvalue weighted by Gasteiger charge is 2.12. The van der Waals surface area contributed by atoms with E-state index in [1.165, 1.54) is 6.07 Å². The molecule has 1 aromatic carbocycles. The van der Waals surface area contributed by atoms with Gasteiger partial charge in [0.2, 0.25) is 0 Å². The third-order valence-corrected chi connectivity index (χ3v) is 3.59. The summed E-state index contributed by atoms with van der Waals surface area (Å²) in [6.07, 6.45) is 5.63. The normalized spacial score (nSPS) is 10.3. The first-order valence-corrected chi connectivity index (χ1v) is 8.72. The van der Waals surface area contributed by atoms with Crippen LogP contribution >= 0.6 is 11.6 Å². The maximum Gasteiger partial charge on any atom is 0.338 e. The van der Waals surface area contributed by atoms with E-state index in [0.29, 0.717) is 30.2 Å². The fraction of sp³-hybridized carbons (Fsp3) is 0.556. The lowest BCUT2D eigenvalue weighted by Crippen LogP contribution is -2.10. The summed E-state index contributed by atoms with van der Waals surface area (Å²) in [6.45, 7) is 2.80. The second kappa shape index (κ2) is 11.9. The van der Waals surface area contributed by atoms with Gasteiger partial charge in [0.05, 0.1) is 24.3 Å². The maximum atomic E-state index is 12.0. The molecule has 0 aliphatic rings. The molecule has 0 radical (unpaired) electrons. The summed E-state index contributed by atoms with van der Waals surface area (Å²) in [6, 6.07) is 6.45. The zero-order chi connectivity index (χ0) is 16.9. The number of hydrogen-bond acceptors (Lipinski definition) is 4. The van der Waals surface area contributed by atoms with Gasteiger partial charge < -0.3 is 9.47 Å². The predicted octanol–water partition coefficient (Wildman–Crippen LogP) is 4.60. The van der Waals surface area contributed by atoms with E-state index >= 15 is 0 Å². The van der Waals surface area contributed by atoms with E-state index in [1.54, 1.807) is 18.2 Å². The molecule has 23 heavy (non-hydrogen) atoms. The fourth-order valence-corrected chi connectivity index (χ4v) is 2.15. The minimum absolute atomic E-state index is 0.371. The van der Waals surface area contributed by atoms with Gasteiger partial charge in [-0.1, -0.05) is 32.3 Å². The summed E-state index contributed by atoms with van der Waals surface area (Å²) in [5, 5.41) is 0. The van der Waals surface area contributed by atoms with Crippen LogP contribution in [0.2, 0.25) is 0 Å². The van der Waals surface area contributed by atoms with Crippen LogP contribution in [0.1, 0.15) is 66.2 Å². The molecule has 0 aliphatic carbocycles. The Kier molecular flexibility index (Phi) is 10.1. The zero-order valence-corrected chi connectivity index (χ0v) is 14.4. The van der Waals surface area contributed by atoms with E-state index < -0.39 is 11.9 Å². The van der Waals surface area contributed by atoms with Gasteiger partial charge in [-0.25, -0.2) is 9.59 Å². The maximum absolute atomic E-state index is 12.0. The molecule has 5 heteroatoms. The van der Waals surface area contributed by atoms with Gasteiger partial charge in [0.25, 0.3) is 0 Å². The summed E-state index contributed by atoms with van der Waals surface area (Å²) in [4.78, 5) is 23.8. The molecule has 1 rings (SSSR count). The molecule has 0 atom stereocenters. The average molecular weight is 341 g/mol. The number of alkyl halides is 1. The van der Waals surface area contributed by atoms with Crippen LogP contribution in [0.25, 0.3) is 0 Å². The topological polar surface area (TPSA) is 52.6 Å². The molecular weight excluding hydrogens is 316 g/mol. The Morgan fingerprint density at radius 3 is 2.04 bits per heavy atom. The monoisotopic (exact) mass is 340 g/mol. The molecule has 0 heterocycles. The van der Waals surface area contributed by atoms with Crippen molar-refractivity contribution in [3.8, 4) is 0 Å². The first kappa shape index (κ1) is 19.5. The number of esters is 2. The van der Waals surface area contributed by atoms with Crippen LogP contribution in [0.3, 0.4) is 0 Å². The minimum Gasteiger partial charge on any atom is -0.462 e. The van der Waals surface area contributed by atoms with Crippen molar-refractivity contribution in [2.24, 2.45) is 0 Å². The lowest BCUT2D eigenvalue weighted by Gasteiger charge is -2.07. The van der Waals surface area contributed by atoms with Gasteiger partial charge >= 0.3 is 11.9 Å². The molecule has 0 fully saturated rings. The smallest absolute Gasteiger partial charge is 0.338 e. The SMILES string of the molecule is CCCCOC(=O)c1cccc(C(=O)OCCCCCCCl)c1. The average Bonchev–Trinajstić information content (AvgIpc) is 2.58. The number of hydrogen-bond donors (Lipinski definition) is 0. The molecule has 0 N–H and O–H groups in total. The highest BCUT2D eigenvalue weighted by atomic mass is 35.5. The summed E-state index contributed by atoms with van der Waals surface area (Å²) in [7, 11) is 0. The van der Waals surface area contributed by atoms with Gasteiger partial charge in [-0.2, -0.15) is 0 Å². The fourth-order valence-electron chi connectivity index (χ4n) is 1.96. The van der Waals surface area contributed by atoms with Crippen LogP contribution in [0.5, 0.6) is 0 Å². The van der Waals surface area contributed by atoms with Gasteiger partial charge in [0.15, 0.2) is 0 Å². The van der Waals surface area contributed by atoms with Crippen LogP contribution in [-0.4, -0.2) is 31.0 Å². The molecule has 0 unspecified atom stereocenters. The van der Waals surface area contributed by atoms with Gasteiger partial charge in [-0.15, -0.1) is 11.6 Å². The predicted molar refractivity (Wildman–Crippen MR) is 91.1 cm³/mol. The van der Waals surface area contributed by atoms with Crippen molar-refractivity contribution < 1.29 is 19.1 Å². The summed E-state index contributed by atoms with van der Waals surface area (Å²) >= 11 is 5.60. The first-order valence-electron chi connectivity index (χ1n) is 8.19. The number of unbranched alkanes of at least 4 members (excludes halogenated alkanes) is 4. The number of benzene rings is 1. The van der Waals surface area contributed by atoms with Crippen molar-refractivity contribution in [1.82, 2.24) is 0 Å². The van der Waals surface area contributed by atoms with E-state index in [2.05, 4.69) is 0 Å². The van der Waals surface area contributed by atoms with Gasteiger partial charge in [-0.3, -0.25) is 0 Å². The Labute approximate surface area is 143 Å². The van der Waals surface area contributed by atoms with Crippen LogP contribution in [-0.2, 0) is 9.47 Å². The highest BCUT2D eigenvalue weighted by Crippen LogP contribution is 2.10. The van der Waals surface area contributed by atoms with Gasteiger partial charge in [-0.05, 0) is 37.5 Å². The number of rotatable bonds is 11. The van der Waals surface area contributed by atoms with Crippen LogP contribution in [0.15, 0.2) is 24.3 Å². The van der Waals surface area contributed by atoms with E-state index in [9.17, 15) is 9.59 Å². The molecule has 128 valence electrons. The minimum atomic E-state index is -0.412. The second-order valence-electron chi connectivity index (χ2n) is 5.31. The quantitative estimate of drug-likeness (QED) is 0.335. The van der Waals surface area contributed by atoms with Crippen molar-refractivity contribution in [2.45, 2.75) is 45.4 Å². The Morgan fingerprint density at radius 2 is 1.48 bits per heavy atom. The number of carbonyl (C=O) groups is 2. The largest absolute Gasteiger partial charge is 0.462 e. The third-order valence-electron chi connectivity index (χ3n) is 3.33. The number of carbonyl (C=O) groups excluding carboxylic acids is 2. The Morgan fingerprint density at radius 1 is 0.913 bits per heavy atom. The lowest BCUT2D eigenvalue weighted by molar-refractivity contribution is 0.0497. The van der Waals surface area contributed by atoms with Crippen molar-refractivity contribution in [1.29, 1.82) is 0 Å². The summed E-state index contributed by atoms with van der Waals surface area (Å²) in [5.74, 6) is -0.152. The van der Waals surface area contributed by atoms with Gasteiger partial charge in [0, 0.05) is 5.88 Å². The van der Waals surface area contributed by atoms with E-state index in [0.717, 1.165) is 38.5 Å². The van der Waals surface area contributed by atoms with E-state index in [4.69, 9.17) is 21.1 Å². The molecule has 0 aliphatic heterocycles. The van der Waals surface area contributed by atoms with Crippen LogP contribution < -0.4 is 0 Å². The molecule has 0 bridgehead atoms. The Hall–Kier alpha value is -1.55. The summed E-state index contributed by atoms with van der Waals surface area (Å²) < 4.78 is 10.4. The molecule has 0 spiro atoms. The molecule has 0 saturated heterocycles. The van der Waals surface area contributed by atoms with E-state index in [-0.39, 0.29) is 0 Å². The summed E-state index contributed by atoms with van der Waals surface area (Å²) in [5.41, 5.74) is 0.744. The zero-order valence-electron chi connectivity index (χ0n) is 13.7. The third kappa shape index (κ3) is 8.03. The Balaban J connectivity index is 2.42. The number of ether oxygens (including phenoxy) is 2. The molecule has 0 amide bonds. The van der Waals surface area contributed by atoms with Crippen molar-refractivity contribution in [3.63, 3.8) is 0 Å². The Bertz CT molecular complexity index is 488. The first-order chi connectivity index (χ1) is 11.2.